The Morgan fingerprint density at radius 2 is 2.11 bits per heavy atom. The molecule has 28 heavy (non-hydrogen) atoms. The molecule has 8 nitrogen and oxygen atoms in total. The van der Waals surface area contributed by atoms with Crippen LogP contribution in [0.25, 0.3) is 0 Å². The molecule has 1 aliphatic heterocycles. The molecule has 1 fully saturated rings. The van der Waals surface area contributed by atoms with Gasteiger partial charge in [-0.25, -0.2) is 8.42 Å². The van der Waals surface area contributed by atoms with Crippen molar-refractivity contribution in [2.24, 2.45) is 0 Å². The third-order valence-corrected chi connectivity index (χ3v) is 7.60. The van der Waals surface area contributed by atoms with Crippen molar-refractivity contribution in [2.45, 2.75) is 23.1 Å². The summed E-state index contributed by atoms with van der Waals surface area (Å²) in [5.41, 5.74) is 0.472. The molecule has 2 aromatic rings. The Labute approximate surface area is 167 Å². The first-order valence-electron chi connectivity index (χ1n) is 8.71. The second-order valence-corrected chi connectivity index (χ2v) is 9.25. The maximum absolute atomic E-state index is 12.8. The first kappa shape index (κ1) is 20.3. The Morgan fingerprint density at radius 1 is 1.29 bits per heavy atom. The van der Waals surface area contributed by atoms with E-state index in [1.807, 2.05) is 0 Å². The average Bonchev–Trinajstić information content (AvgIpc) is 3.38. The number of carbonyl (C=O) groups is 2. The van der Waals surface area contributed by atoms with Gasteiger partial charge in [0.25, 0.3) is 15.9 Å². The van der Waals surface area contributed by atoms with Crippen LogP contribution in [0.3, 0.4) is 0 Å². The molecule has 0 radical (unpaired) electrons. The zero-order chi connectivity index (χ0) is 20.1. The first-order valence-corrected chi connectivity index (χ1v) is 11.0. The molecule has 0 saturated carbocycles. The van der Waals surface area contributed by atoms with Crippen LogP contribution in [-0.4, -0.2) is 50.8 Å². The molecule has 2 amide bonds. The highest BCUT2D eigenvalue weighted by molar-refractivity contribution is 7.91. The lowest BCUT2D eigenvalue weighted by atomic mass is 10.2. The Morgan fingerprint density at radius 3 is 2.82 bits per heavy atom. The number of carbonyl (C=O) groups excluding carboxylic acids is 2. The van der Waals surface area contributed by atoms with Crippen LogP contribution in [0.2, 0.25) is 0 Å². The fraction of sp³-hybridized carbons (Fsp3) is 0.333. The van der Waals surface area contributed by atoms with E-state index in [1.54, 1.807) is 41.8 Å². The molecule has 2 heterocycles. The monoisotopic (exact) mass is 423 g/mol. The number of sulfonamides is 1. The molecule has 0 bridgehead atoms. The number of anilines is 1. The van der Waals surface area contributed by atoms with E-state index in [2.05, 4.69) is 10.6 Å². The predicted molar refractivity (Wildman–Crippen MR) is 106 cm³/mol. The molecule has 1 atom stereocenters. The first-order chi connectivity index (χ1) is 13.4. The van der Waals surface area contributed by atoms with Gasteiger partial charge >= 0.3 is 0 Å². The molecule has 1 aromatic carbocycles. The van der Waals surface area contributed by atoms with Gasteiger partial charge in [0.2, 0.25) is 5.91 Å². The van der Waals surface area contributed by atoms with Crippen molar-refractivity contribution in [3.8, 4) is 5.75 Å². The Kier molecular flexibility index (Phi) is 6.32. The minimum atomic E-state index is -3.69. The van der Waals surface area contributed by atoms with E-state index >= 15 is 0 Å². The van der Waals surface area contributed by atoms with Crippen molar-refractivity contribution in [3.05, 3.63) is 41.8 Å². The van der Waals surface area contributed by atoms with Crippen molar-refractivity contribution in [1.82, 2.24) is 9.62 Å². The number of hydrogen-bond donors (Lipinski definition) is 2. The summed E-state index contributed by atoms with van der Waals surface area (Å²) in [6.45, 7) is 0.178. The standard InChI is InChI=1S/C18H21N3O5S2/c1-19-16(22)12-26-14-6-2-5-13(11-14)20-18(23)15-7-3-9-21(15)28(24,25)17-8-4-10-27-17/h2,4-6,8,10-11,15H,3,7,9,12H2,1H3,(H,19,22)(H,20,23). The van der Waals surface area contributed by atoms with E-state index in [9.17, 15) is 18.0 Å². The van der Waals surface area contributed by atoms with Crippen molar-refractivity contribution in [3.63, 3.8) is 0 Å². The van der Waals surface area contributed by atoms with Crippen LogP contribution >= 0.6 is 11.3 Å². The van der Waals surface area contributed by atoms with Gasteiger partial charge in [-0.3, -0.25) is 9.59 Å². The number of benzene rings is 1. The molecule has 0 spiro atoms. The molecule has 0 aliphatic carbocycles. The summed E-state index contributed by atoms with van der Waals surface area (Å²) in [6.07, 6.45) is 1.08. The number of ether oxygens (including phenoxy) is 1. The van der Waals surface area contributed by atoms with E-state index in [0.717, 1.165) is 11.3 Å². The molecular weight excluding hydrogens is 402 g/mol. The van der Waals surface area contributed by atoms with E-state index in [0.29, 0.717) is 30.8 Å². The summed E-state index contributed by atoms with van der Waals surface area (Å²) in [5, 5.41) is 6.90. The number of rotatable bonds is 7. The summed E-state index contributed by atoms with van der Waals surface area (Å²) >= 11 is 1.14. The zero-order valence-electron chi connectivity index (χ0n) is 15.3. The smallest absolute Gasteiger partial charge is 0.257 e. The molecule has 1 unspecified atom stereocenters. The topological polar surface area (TPSA) is 105 Å². The minimum absolute atomic E-state index is 0.136. The second-order valence-electron chi connectivity index (χ2n) is 6.18. The SMILES string of the molecule is CNC(=O)COc1cccc(NC(=O)C2CCCN2S(=O)(=O)c2cccs2)c1. The average molecular weight is 424 g/mol. The molecule has 1 aromatic heterocycles. The number of thiophene rings is 1. The third kappa shape index (κ3) is 4.51. The van der Waals surface area contributed by atoms with Crippen LogP contribution in [0.5, 0.6) is 5.75 Å². The molecule has 1 aliphatic rings. The van der Waals surface area contributed by atoms with Gasteiger partial charge < -0.3 is 15.4 Å². The Balaban J connectivity index is 1.69. The number of amides is 2. The lowest BCUT2D eigenvalue weighted by Crippen LogP contribution is -2.42. The van der Waals surface area contributed by atoms with Gasteiger partial charge in [-0.15, -0.1) is 11.3 Å². The van der Waals surface area contributed by atoms with Gasteiger partial charge in [-0.1, -0.05) is 12.1 Å². The fourth-order valence-corrected chi connectivity index (χ4v) is 5.70. The van der Waals surface area contributed by atoms with Crippen LogP contribution < -0.4 is 15.4 Å². The van der Waals surface area contributed by atoms with Crippen molar-refractivity contribution >= 4 is 38.9 Å². The van der Waals surface area contributed by atoms with Crippen LogP contribution in [-0.2, 0) is 19.6 Å². The van der Waals surface area contributed by atoms with Crippen molar-refractivity contribution in [1.29, 1.82) is 0 Å². The van der Waals surface area contributed by atoms with Gasteiger partial charge in [-0.2, -0.15) is 4.31 Å². The molecule has 150 valence electrons. The summed E-state index contributed by atoms with van der Waals surface area (Å²) < 4.78 is 32.4. The number of nitrogens with zero attached hydrogens (tertiary/aromatic N) is 1. The lowest BCUT2D eigenvalue weighted by Gasteiger charge is -2.22. The Bertz CT molecular complexity index is 944. The molecule has 10 heteroatoms. The molecule has 3 rings (SSSR count). The quantitative estimate of drug-likeness (QED) is 0.705. The molecule has 1 saturated heterocycles. The lowest BCUT2D eigenvalue weighted by molar-refractivity contribution is -0.122. The van der Waals surface area contributed by atoms with Gasteiger partial charge in [0.05, 0.1) is 0 Å². The highest BCUT2D eigenvalue weighted by Gasteiger charge is 2.39. The highest BCUT2D eigenvalue weighted by Crippen LogP contribution is 2.29. The fourth-order valence-electron chi connectivity index (χ4n) is 2.93. The summed E-state index contributed by atoms with van der Waals surface area (Å²) in [4.78, 5) is 24.0. The number of likely N-dealkylation sites (N-methyl/N-ethyl adjacent to an activating group) is 1. The zero-order valence-corrected chi connectivity index (χ0v) is 16.9. The van der Waals surface area contributed by atoms with Crippen LogP contribution in [0.1, 0.15) is 12.8 Å². The maximum Gasteiger partial charge on any atom is 0.257 e. The highest BCUT2D eigenvalue weighted by atomic mass is 32.2. The normalized spacial score (nSPS) is 17.2. The summed E-state index contributed by atoms with van der Waals surface area (Å²) in [6, 6.07) is 9.08. The van der Waals surface area contributed by atoms with Crippen molar-refractivity contribution < 1.29 is 22.7 Å². The Hall–Kier alpha value is -2.43. The molecule has 2 N–H and O–H groups in total. The summed E-state index contributed by atoms with van der Waals surface area (Å²) in [7, 11) is -2.18. The van der Waals surface area contributed by atoms with E-state index in [-0.39, 0.29) is 22.6 Å². The van der Waals surface area contributed by atoms with Gasteiger partial charge in [0.1, 0.15) is 16.0 Å². The second kappa shape index (κ2) is 8.72. The van der Waals surface area contributed by atoms with E-state index in [4.69, 9.17) is 4.74 Å². The molecular formula is C18H21N3O5S2. The maximum atomic E-state index is 12.8. The minimum Gasteiger partial charge on any atom is -0.484 e. The number of nitrogens with one attached hydrogen (secondary N) is 2. The van der Waals surface area contributed by atoms with Gasteiger partial charge in [-0.05, 0) is 36.4 Å². The van der Waals surface area contributed by atoms with Crippen molar-refractivity contribution in [2.75, 3.05) is 25.5 Å². The van der Waals surface area contributed by atoms with Gasteiger partial charge in [0.15, 0.2) is 6.61 Å². The van der Waals surface area contributed by atoms with Crippen LogP contribution in [0.15, 0.2) is 46.0 Å². The largest absolute Gasteiger partial charge is 0.484 e. The number of hydrogen-bond acceptors (Lipinski definition) is 6. The van der Waals surface area contributed by atoms with Crippen LogP contribution in [0, 0.1) is 0 Å². The summed E-state index contributed by atoms with van der Waals surface area (Å²) in [5.74, 6) is -0.230. The van der Waals surface area contributed by atoms with E-state index in [1.165, 1.54) is 11.4 Å². The van der Waals surface area contributed by atoms with Crippen LogP contribution in [0.4, 0.5) is 5.69 Å². The van der Waals surface area contributed by atoms with E-state index < -0.39 is 16.1 Å². The third-order valence-electron chi connectivity index (χ3n) is 4.31. The van der Waals surface area contributed by atoms with Gasteiger partial charge in [0, 0.05) is 25.3 Å². The predicted octanol–water partition coefficient (Wildman–Crippen LogP) is 1.66.